The van der Waals surface area contributed by atoms with E-state index in [9.17, 15) is 0 Å². The molecule has 0 aliphatic carbocycles. The van der Waals surface area contributed by atoms with Crippen LogP contribution in [0.25, 0.3) is 0 Å². The third-order valence-electron chi connectivity index (χ3n) is 0. The molecule has 0 saturated carbocycles. The van der Waals surface area contributed by atoms with E-state index in [1.807, 2.05) is 0 Å². The van der Waals surface area contributed by atoms with Crippen molar-refractivity contribution in [1.29, 1.82) is 0 Å². The van der Waals surface area contributed by atoms with E-state index < -0.39 is 6.16 Å². The van der Waals surface area contributed by atoms with Crippen LogP contribution in [0, 0.1) is 0 Å². The summed E-state index contributed by atoms with van der Waals surface area (Å²) < 4.78 is 0. The first-order valence-electron chi connectivity index (χ1n) is 0.651. The molecule has 0 heterocycles. The third kappa shape index (κ3) is 79.5. The zero-order chi connectivity index (χ0) is 3.58. The summed E-state index contributed by atoms with van der Waals surface area (Å²) in [6.07, 6.45) is -1.83. The van der Waals surface area contributed by atoms with Crippen molar-refractivity contribution in [1.82, 2.24) is 0 Å². The van der Waals surface area contributed by atoms with Gasteiger partial charge in [-0.1, -0.05) is 0 Å². The predicted molar refractivity (Wildman–Crippen MR) is 27.7 cm³/mol. The molecule has 2 N–H and O–H groups in total. The molecule has 7 heavy (non-hydrogen) atoms. The molecule has 0 rings (SSSR count). The molecule has 0 bridgehead atoms. The fourth-order valence-corrected chi connectivity index (χ4v) is 0. The maximum Gasteiger partial charge on any atom is 0.316 e. The molecule has 0 saturated heterocycles. The molecule has 3 nitrogen and oxygen atoms in total. The number of rotatable bonds is 0. The van der Waals surface area contributed by atoms with Crippen molar-refractivity contribution in [2.75, 3.05) is 0 Å². The summed E-state index contributed by atoms with van der Waals surface area (Å²) in [5.41, 5.74) is 0. The first kappa shape index (κ1) is 23.2. The Bertz CT molecular complexity index is 37.9. The van der Waals surface area contributed by atoms with Crippen molar-refractivity contribution in [2.24, 2.45) is 0 Å². The summed E-state index contributed by atoms with van der Waals surface area (Å²) in [4.78, 5) is 8.56. The fourth-order valence-electron chi connectivity index (χ4n) is 0. The van der Waals surface area contributed by atoms with E-state index in [2.05, 4.69) is 0 Å². The van der Waals surface area contributed by atoms with E-state index in [1.165, 1.54) is 0 Å². The van der Waals surface area contributed by atoms with Gasteiger partial charge in [-0.3, -0.25) is 0 Å². The van der Waals surface area contributed by atoms with Crippen molar-refractivity contribution < 1.29 is 32.4 Å². The molecular formula is CH6CaCrMgO3. The summed E-state index contributed by atoms with van der Waals surface area (Å²) >= 11 is 0. The molecule has 0 atom stereocenters. The molecule has 0 aromatic rings. The zero-order valence-corrected chi connectivity index (χ0v) is 3.49. The molecule has 38 valence electrons. The van der Waals surface area contributed by atoms with Crippen LogP contribution in [0.4, 0.5) is 4.79 Å². The molecule has 0 radical (unpaired) electrons. The second-order valence-corrected chi connectivity index (χ2v) is 0.283. The molecule has 0 aromatic heterocycles. The van der Waals surface area contributed by atoms with Gasteiger partial charge in [-0.25, -0.2) is 4.79 Å². The normalized spacial score (nSPS) is 3.43. The Morgan fingerprint density at radius 2 is 1.29 bits per heavy atom. The number of carboxylic acid groups (broad SMARTS) is 2. The van der Waals surface area contributed by atoms with Crippen molar-refractivity contribution >= 4 is 66.9 Å². The maximum absolute atomic E-state index is 8.56. The van der Waals surface area contributed by atoms with Crippen LogP contribution in [0.5, 0.6) is 0 Å². The second-order valence-electron chi connectivity index (χ2n) is 0.283. The van der Waals surface area contributed by atoms with E-state index in [4.69, 9.17) is 15.0 Å². The van der Waals surface area contributed by atoms with Crippen LogP contribution in [0.3, 0.4) is 0 Å². The Morgan fingerprint density at radius 1 is 1.29 bits per heavy atom. The molecule has 0 fully saturated rings. The van der Waals surface area contributed by atoms with Gasteiger partial charge in [0.1, 0.15) is 0 Å². The SMILES string of the molecule is O=C(O)O.[CaH2].[Cr].[MgH2]. The predicted octanol–water partition coefficient (Wildman–Crippen LogP) is -1.61. The van der Waals surface area contributed by atoms with Crippen molar-refractivity contribution in [2.45, 2.75) is 0 Å². The fraction of sp³-hybridized carbons (Fsp3) is 0. The quantitative estimate of drug-likeness (QED) is 0.443. The second kappa shape index (κ2) is 15.7. The Morgan fingerprint density at radius 3 is 1.29 bits per heavy atom. The van der Waals surface area contributed by atoms with Crippen LogP contribution >= 0.6 is 0 Å². The van der Waals surface area contributed by atoms with E-state index in [0.29, 0.717) is 0 Å². The van der Waals surface area contributed by atoms with Crippen molar-refractivity contribution in [3.8, 4) is 0 Å². The van der Waals surface area contributed by atoms with Crippen molar-refractivity contribution in [3.05, 3.63) is 0 Å². The first-order chi connectivity index (χ1) is 1.73. The van der Waals surface area contributed by atoms with Gasteiger partial charge >= 0.3 is 66.9 Å². The average Bonchev–Trinajstić information content (AvgIpc) is 0.811. The Labute approximate surface area is 97.7 Å². The molecule has 0 spiro atoms. The molecule has 0 aliphatic heterocycles. The van der Waals surface area contributed by atoms with Gasteiger partial charge < -0.3 is 10.2 Å². The smallest absolute Gasteiger partial charge is 0 e. The topological polar surface area (TPSA) is 57.5 Å². The van der Waals surface area contributed by atoms with Gasteiger partial charge in [-0.15, -0.1) is 0 Å². The summed E-state index contributed by atoms with van der Waals surface area (Å²) in [5, 5.41) is 13.9. The van der Waals surface area contributed by atoms with Gasteiger partial charge in [0.25, 0.3) is 0 Å². The van der Waals surface area contributed by atoms with E-state index in [-0.39, 0.29) is 78.2 Å². The van der Waals surface area contributed by atoms with E-state index >= 15 is 0 Å². The summed E-state index contributed by atoms with van der Waals surface area (Å²) in [6, 6.07) is 0. The monoisotopic (exact) mass is 182 g/mol. The molecule has 0 amide bonds. The van der Waals surface area contributed by atoms with Gasteiger partial charge in [0, 0.05) is 17.4 Å². The van der Waals surface area contributed by atoms with Gasteiger partial charge in [-0.05, 0) is 0 Å². The average molecular weight is 182 g/mol. The van der Waals surface area contributed by atoms with Crippen LogP contribution in [-0.4, -0.2) is 77.2 Å². The standard InChI is InChI=1S/CH2O3.Ca.Cr.Mg.4H/c2-1(3)4;;;;;;;/h(H2,2,3,4);;;;;;;. The van der Waals surface area contributed by atoms with Crippen LogP contribution in [0.2, 0.25) is 0 Å². The maximum atomic E-state index is 8.56. The van der Waals surface area contributed by atoms with Gasteiger partial charge in [-0.2, -0.15) is 0 Å². The van der Waals surface area contributed by atoms with E-state index in [0.717, 1.165) is 0 Å². The van der Waals surface area contributed by atoms with Crippen LogP contribution in [-0.2, 0) is 17.4 Å². The number of carbonyl (C=O) groups is 1. The molecule has 0 aromatic carbocycles. The van der Waals surface area contributed by atoms with Crippen molar-refractivity contribution in [3.63, 3.8) is 0 Å². The molecule has 0 unspecified atom stereocenters. The van der Waals surface area contributed by atoms with Gasteiger partial charge in [0.15, 0.2) is 0 Å². The summed E-state index contributed by atoms with van der Waals surface area (Å²) in [5.74, 6) is 0. The van der Waals surface area contributed by atoms with Crippen LogP contribution in [0.1, 0.15) is 0 Å². The summed E-state index contributed by atoms with van der Waals surface area (Å²) in [7, 11) is 0. The van der Waals surface area contributed by atoms with Gasteiger partial charge in [0.05, 0.1) is 0 Å². The number of hydrogen-bond donors (Lipinski definition) is 2. The molecule has 0 aliphatic rings. The van der Waals surface area contributed by atoms with Crippen LogP contribution in [0.15, 0.2) is 0 Å². The largest absolute Gasteiger partial charge is 0.316 e. The third-order valence-corrected chi connectivity index (χ3v) is 0. The summed E-state index contributed by atoms with van der Waals surface area (Å²) in [6.45, 7) is 0. The molecular weight excluding hydrogens is 176 g/mol. The minimum absolute atomic E-state index is 0. The Kier molecular flexibility index (Phi) is 51.9. The van der Waals surface area contributed by atoms with E-state index in [1.54, 1.807) is 0 Å². The minimum Gasteiger partial charge on any atom is 0 e. The first-order valence-corrected chi connectivity index (χ1v) is 0.651. The van der Waals surface area contributed by atoms with Gasteiger partial charge in [0.2, 0.25) is 0 Å². The molecule has 6 heteroatoms. The number of hydrogen-bond acceptors (Lipinski definition) is 1. The Hall–Kier alpha value is 1.83. The zero-order valence-electron chi connectivity index (χ0n) is 2.21. The Balaban J connectivity index is -0.0000000150. The minimum atomic E-state index is -1.83. The van der Waals surface area contributed by atoms with Crippen LogP contribution < -0.4 is 0 Å².